The summed E-state index contributed by atoms with van der Waals surface area (Å²) in [4.78, 5) is 15.1. The molecule has 0 amide bonds. The summed E-state index contributed by atoms with van der Waals surface area (Å²) in [7, 11) is 0. The molecule has 0 fully saturated rings. The smallest absolute Gasteiger partial charge is 0.338 e. The van der Waals surface area contributed by atoms with Crippen LogP contribution in [-0.2, 0) is 4.79 Å². The highest BCUT2D eigenvalue weighted by atomic mass is 35.5. The zero-order valence-electron chi connectivity index (χ0n) is 9.17. The Morgan fingerprint density at radius 3 is 2.95 bits per heavy atom. The van der Waals surface area contributed by atoms with Crippen molar-refractivity contribution in [2.24, 2.45) is 0 Å². The van der Waals surface area contributed by atoms with E-state index in [9.17, 15) is 14.3 Å². The number of thiazole rings is 1. The summed E-state index contributed by atoms with van der Waals surface area (Å²) in [5.74, 6) is -1.90. The molecule has 19 heavy (non-hydrogen) atoms. The molecular formula is C11H6ClFN2O3S. The van der Waals surface area contributed by atoms with Gasteiger partial charge in [-0.3, -0.25) is 4.40 Å². The Morgan fingerprint density at radius 1 is 1.53 bits per heavy atom. The number of halogens is 2. The number of aliphatic hydroxyl groups excluding tert-OH is 1. The van der Waals surface area contributed by atoms with Crippen molar-refractivity contribution < 1.29 is 19.4 Å². The monoisotopic (exact) mass is 300 g/mol. The van der Waals surface area contributed by atoms with E-state index in [1.807, 2.05) is 0 Å². The Kier molecular flexibility index (Phi) is 2.70. The molecule has 3 rings (SSSR count). The normalized spacial score (nSPS) is 13.2. The molecular weight excluding hydrogens is 295 g/mol. The van der Waals surface area contributed by atoms with Gasteiger partial charge < -0.3 is 10.2 Å². The van der Waals surface area contributed by atoms with E-state index in [4.69, 9.17) is 16.7 Å². The molecule has 0 aliphatic heterocycles. The molecule has 0 radical (unpaired) electrons. The first-order valence-corrected chi connectivity index (χ1v) is 6.35. The largest absolute Gasteiger partial charge is 0.479 e. The van der Waals surface area contributed by atoms with Crippen LogP contribution in [0.25, 0.3) is 15.2 Å². The molecule has 0 aliphatic rings. The molecule has 98 valence electrons. The number of nitrogens with zero attached hydrogens (tertiary/aromatic N) is 2. The van der Waals surface area contributed by atoms with Gasteiger partial charge in [0.15, 0.2) is 11.1 Å². The van der Waals surface area contributed by atoms with Gasteiger partial charge in [-0.2, -0.15) is 0 Å². The van der Waals surface area contributed by atoms with E-state index in [0.717, 1.165) is 11.3 Å². The van der Waals surface area contributed by atoms with Crippen LogP contribution in [0.5, 0.6) is 0 Å². The highest BCUT2D eigenvalue weighted by Crippen LogP contribution is 2.34. The van der Waals surface area contributed by atoms with Crippen LogP contribution in [0, 0.1) is 5.82 Å². The van der Waals surface area contributed by atoms with Gasteiger partial charge in [0.25, 0.3) is 0 Å². The molecule has 0 spiro atoms. The number of carbonyl (C=O) groups is 1. The third kappa shape index (κ3) is 1.78. The second-order valence-electron chi connectivity index (χ2n) is 3.87. The molecule has 1 atom stereocenters. The first-order chi connectivity index (χ1) is 8.99. The number of fused-ring (bicyclic) bond motifs is 3. The van der Waals surface area contributed by atoms with Crippen molar-refractivity contribution in [1.29, 1.82) is 0 Å². The zero-order chi connectivity index (χ0) is 13.7. The second kappa shape index (κ2) is 4.16. The number of benzene rings is 1. The van der Waals surface area contributed by atoms with Crippen LogP contribution in [0.4, 0.5) is 4.39 Å². The van der Waals surface area contributed by atoms with Crippen LogP contribution in [-0.4, -0.2) is 25.6 Å². The van der Waals surface area contributed by atoms with Gasteiger partial charge in [-0.1, -0.05) is 22.9 Å². The van der Waals surface area contributed by atoms with Gasteiger partial charge >= 0.3 is 5.97 Å². The van der Waals surface area contributed by atoms with Gasteiger partial charge in [0.2, 0.25) is 0 Å². The summed E-state index contributed by atoms with van der Waals surface area (Å²) in [6.07, 6.45) is -0.278. The van der Waals surface area contributed by atoms with Crippen molar-refractivity contribution in [3.8, 4) is 0 Å². The first kappa shape index (κ1) is 12.3. The minimum atomic E-state index is -1.68. The van der Waals surface area contributed by atoms with Gasteiger partial charge in [0.05, 0.1) is 15.2 Å². The highest BCUT2D eigenvalue weighted by molar-refractivity contribution is 7.24. The standard InChI is InChI=1S/C11H6ClFN2O3S/c12-7-4(13)1-2-6-9(7)19-11-14-5(3-15(6)11)8(16)10(17)18/h1-3,8,16H,(H,17,18). The predicted molar refractivity (Wildman–Crippen MR) is 68.1 cm³/mol. The average Bonchev–Trinajstić information content (AvgIpc) is 2.90. The SMILES string of the molecule is O=C(O)C(O)c1cn2c(n1)sc1c(Cl)c(F)ccc12. The lowest BCUT2D eigenvalue weighted by atomic mass is 10.3. The van der Waals surface area contributed by atoms with E-state index < -0.39 is 17.9 Å². The highest BCUT2D eigenvalue weighted by Gasteiger charge is 2.21. The molecule has 2 aromatic heterocycles. The Bertz CT molecular complexity index is 813. The quantitative estimate of drug-likeness (QED) is 0.762. The van der Waals surface area contributed by atoms with Crippen LogP contribution >= 0.6 is 22.9 Å². The number of aliphatic carboxylic acids is 1. The summed E-state index contributed by atoms with van der Waals surface area (Å²) in [6, 6.07) is 2.75. The Labute approximate surface area is 114 Å². The van der Waals surface area contributed by atoms with Gasteiger partial charge in [0.1, 0.15) is 11.5 Å². The van der Waals surface area contributed by atoms with Gasteiger partial charge in [-0.25, -0.2) is 14.2 Å². The van der Waals surface area contributed by atoms with Crippen molar-refractivity contribution in [1.82, 2.24) is 9.38 Å². The van der Waals surface area contributed by atoms with Crippen molar-refractivity contribution in [3.05, 3.63) is 34.9 Å². The Morgan fingerprint density at radius 2 is 2.26 bits per heavy atom. The lowest BCUT2D eigenvalue weighted by molar-refractivity contribution is -0.147. The molecule has 1 unspecified atom stereocenters. The molecule has 0 bridgehead atoms. The van der Waals surface area contributed by atoms with Crippen molar-refractivity contribution in [3.63, 3.8) is 0 Å². The van der Waals surface area contributed by atoms with Crippen LogP contribution in [0.15, 0.2) is 18.3 Å². The fraction of sp³-hybridized carbons (Fsp3) is 0.0909. The molecule has 0 aliphatic carbocycles. The molecule has 2 heterocycles. The summed E-state index contributed by atoms with van der Waals surface area (Å²) in [6.45, 7) is 0. The van der Waals surface area contributed by atoms with Crippen molar-refractivity contribution >= 4 is 44.1 Å². The summed E-state index contributed by atoms with van der Waals surface area (Å²) in [5, 5.41) is 18.2. The van der Waals surface area contributed by atoms with E-state index in [1.165, 1.54) is 18.3 Å². The number of hydrogen-bond acceptors (Lipinski definition) is 4. The number of carboxylic acid groups (broad SMARTS) is 1. The van der Waals surface area contributed by atoms with E-state index in [-0.39, 0.29) is 10.7 Å². The van der Waals surface area contributed by atoms with Crippen LogP contribution in [0.1, 0.15) is 11.8 Å². The molecule has 0 saturated carbocycles. The number of aromatic nitrogens is 2. The molecule has 8 heteroatoms. The van der Waals surface area contributed by atoms with E-state index >= 15 is 0 Å². The lowest BCUT2D eigenvalue weighted by Crippen LogP contribution is -2.10. The summed E-state index contributed by atoms with van der Waals surface area (Å²) >= 11 is 6.99. The maximum atomic E-state index is 13.3. The van der Waals surface area contributed by atoms with Crippen LogP contribution in [0.2, 0.25) is 5.02 Å². The van der Waals surface area contributed by atoms with Gasteiger partial charge in [-0.15, -0.1) is 0 Å². The topological polar surface area (TPSA) is 74.8 Å². The van der Waals surface area contributed by atoms with E-state index in [2.05, 4.69) is 4.98 Å². The van der Waals surface area contributed by atoms with Crippen molar-refractivity contribution in [2.75, 3.05) is 0 Å². The average molecular weight is 301 g/mol. The second-order valence-corrected chi connectivity index (χ2v) is 5.23. The number of rotatable bonds is 2. The predicted octanol–water partition coefficient (Wildman–Crippen LogP) is 2.46. The van der Waals surface area contributed by atoms with Crippen LogP contribution < -0.4 is 0 Å². The van der Waals surface area contributed by atoms with E-state index in [0.29, 0.717) is 15.2 Å². The number of carboxylic acids is 1. The molecule has 0 saturated heterocycles. The van der Waals surface area contributed by atoms with Crippen molar-refractivity contribution in [2.45, 2.75) is 6.10 Å². The minimum Gasteiger partial charge on any atom is -0.479 e. The third-order valence-corrected chi connectivity index (χ3v) is 4.26. The summed E-state index contributed by atoms with van der Waals surface area (Å²) < 4.78 is 15.4. The fourth-order valence-corrected chi connectivity index (χ4v) is 3.10. The number of aliphatic hydroxyl groups is 1. The minimum absolute atomic E-state index is 0.00772. The Hall–Kier alpha value is -1.70. The Balaban J connectivity index is 2.26. The first-order valence-electron chi connectivity index (χ1n) is 5.15. The maximum Gasteiger partial charge on any atom is 0.338 e. The van der Waals surface area contributed by atoms with E-state index in [1.54, 1.807) is 4.40 Å². The summed E-state index contributed by atoms with van der Waals surface area (Å²) in [5.41, 5.74) is 0.642. The van der Waals surface area contributed by atoms with Gasteiger partial charge in [0, 0.05) is 6.20 Å². The molecule has 5 nitrogen and oxygen atoms in total. The zero-order valence-corrected chi connectivity index (χ0v) is 10.7. The fourth-order valence-electron chi connectivity index (χ4n) is 1.78. The number of hydrogen-bond donors (Lipinski definition) is 2. The van der Waals surface area contributed by atoms with Crippen LogP contribution in [0.3, 0.4) is 0 Å². The number of imidazole rings is 1. The molecule has 1 aromatic carbocycles. The van der Waals surface area contributed by atoms with Gasteiger partial charge in [-0.05, 0) is 12.1 Å². The lowest BCUT2D eigenvalue weighted by Gasteiger charge is -1.99. The third-order valence-electron chi connectivity index (χ3n) is 2.69. The maximum absolute atomic E-state index is 13.3. The molecule has 3 aromatic rings. The molecule has 2 N–H and O–H groups in total.